The van der Waals surface area contributed by atoms with Crippen LogP contribution in [0.5, 0.6) is 0 Å². The van der Waals surface area contributed by atoms with Crippen molar-refractivity contribution >= 4 is 60.4 Å². The Morgan fingerprint density at radius 3 is 1.71 bits per heavy atom. The third kappa shape index (κ3) is 4.31. The molecule has 1 heterocycles. The van der Waals surface area contributed by atoms with Crippen molar-refractivity contribution in [2.24, 2.45) is 0 Å². The molecule has 0 unspecified atom stereocenters. The Labute approximate surface area is 302 Å². The molecule has 10 aromatic rings. The lowest BCUT2D eigenvalue weighted by molar-refractivity contribution is 1.17. The number of anilines is 3. The number of aromatic nitrogens is 1. The summed E-state index contributed by atoms with van der Waals surface area (Å²) in [7, 11) is 0. The molecule has 9 aromatic carbocycles. The van der Waals surface area contributed by atoms with Gasteiger partial charge < -0.3 is 9.47 Å². The molecule has 0 amide bonds. The van der Waals surface area contributed by atoms with Crippen molar-refractivity contribution in [3.8, 4) is 39.1 Å². The van der Waals surface area contributed by atoms with Crippen LogP contribution in [0.2, 0.25) is 0 Å². The smallest absolute Gasteiger partial charge is 0.0548 e. The molecule has 0 fully saturated rings. The number of nitrogens with zero attached hydrogens (tertiary/aromatic N) is 2. The van der Waals surface area contributed by atoms with Crippen molar-refractivity contribution in [2.45, 2.75) is 0 Å². The summed E-state index contributed by atoms with van der Waals surface area (Å²) < 4.78 is 2.47. The predicted octanol–water partition coefficient (Wildman–Crippen LogP) is 13.9. The van der Waals surface area contributed by atoms with Gasteiger partial charge in [0, 0.05) is 33.5 Å². The van der Waals surface area contributed by atoms with E-state index < -0.39 is 0 Å². The zero-order chi connectivity index (χ0) is 34.2. The van der Waals surface area contributed by atoms with Crippen molar-refractivity contribution < 1.29 is 0 Å². The lowest BCUT2D eigenvalue weighted by atomic mass is 9.93. The number of hydrogen-bond acceptors (Lipinski definition) is 1. The number of rotatable bonds is 5. The van der Waals surface area contributed by atoms with Crippen molar-refractivity contribution in [3.05, 3.63) is 194 Å². The molecule has 0 saturated carbocycles. The maximum Gasteiger partial charge on any atom is 0.0548 e. The average Bonchev–Trinajstić information content (AvgIpc) is 3.50. The topological polar surface area (TPSA) is 8.17 Å². The SMILES string of the molecule is c1ccc(N(c2ccc(-c3ccc4ccccc4c3)cc2)c2cccc(-n3c4cccc5c4c4c6c(cccc6ccc43)-c3ccccc3-5)c2)cc1. The van der Waals surface area contributed by atoms with Gasteiger partial charge in [-0.1, -0.05) is 133 Å². The van der Waals surface area contributed by atoms with Gasteiger partial charge in [0.25, 0.3) is 0 Å². The summed E-state index contributed by atoms with van der Waals surface area (Å²) in [6.07, 6.45) is 0. The second-order valence-corrected chi connectivity index (χ2v) is 13.7. The molecule has 52 heavy (non-hydrogen) atoms. The first-order valence-electron chi connectivity index (χ1n) is 17.9. The van der Waals surface area contributed by atoms with Crippen LogP contribution in [0.3, 0.4) is 0 Å². The van der Waals surface area contributed by atoms with Gasteiger partial charge in [0.2, 0.25) is 0 Å². The summed E-state index contributed by atoms with van der Waals surface area (Å²) in [6.45, 7) is 0. The first-order valence-corrected chi connectivity index (χ1v) is 17.9. The van der Waals surface area contributed by atoms with Crippen LogP contribution < -0.4 is 4.90 Å². The van der Waals surface area contributed by atoms with Crippen LogP contribution in [0, 0.1) is 0 Å². The largest absolute Gasteiger partial charge is 0.310 e. The van der Waals surface area contributed by atoms with E-state index in [1.54, 1.807) is 0 Å². The summed E-state index contributed by atoms with van der Waals surface area (Å²) in [5.41, 5.74) is 14.5. The Balaban J connectivity index is 1.10. The van der Waals surface area contributed by atoms with Gasteiger partial charge in [0.1, 0.15) is 0 Å². The quantitative estimate of drug-likeness (QED) is 0.178. The average molecular weight is 661 g/mol. The molecule has 0 aliphatic heterocycles. The van der Waals surface area contributed by atoms with Gasteiger partial charge in [-0.05, 0) is 116 Å². The van der Waals surface area contributed by atoms with Crippen molar-refractivity contribution in [2.75, 3.05) is 4.90 Å². The van der Waals surface area contributed by atoms with E-state index in [9.17, 15) is 0 Å². The van der Waals surface area contributed by atoms with E-state index in [4.69, 9.17) is 0 Å². The number of benzene rings is 9. The van der Waals surface area contributed by atoms with Crippen molar-refractivity contribution in [1.82, 2.24) is 4.57 Å². The standard InChI is InChI=1S/C50H32N2/c1-2-14-38(15-3-1)51(39-28-25-34(26-29-39)37-24-23-33-11-4-5-12-36(33)31-37)40-16-9-17-41(32-40)52-46-22-10-21-45-43-19-7-6-18-42(43)44-20-8-13-35-27-30-47(52)50(48(35)44)49(45)46/h1-32H. The lowest BCUT2D eigenvalue weighted by Gasteiger charge is -2.26. The normalized spacial score (nSPS) is 11.8. The molecule has 2 nitrogen and oxygen atoms in total. The molecular formula is C50H32N2. The second kappa shape index (κ2) is 11.3. The van der Waals surface area contributed by atoms with Gasteiger partial charge in [-0.3, -0.25) is 0 Å². The number of fused-ring (bicyclic) bond motifs is 4. The molecule has 1 aliphatic carbocycles. The summed E-state index contributed by atoms with van der Waals surface area (Å²) in [5, 5.41) is 7.75. The molecule has 0 atom stereocenters. The summed E-state index contributed by atoms with van der Waals surface area (Å²) in [4.78, 5) is 2.36. The Morgan fingerprint density at radius 1 is 0.308 bits per heavy atom. The fourth-order valence-corrected chi connectivity index (χ4v) is 8.57. The van der Waals surface area contributed by atoms with Crippen LogP contribution in [-0.2, 0) is 0 Å². The van der Waals surface area contributed by atoms with E-state index in [1.165, 1.54) is 76.7 Å². The fourth-order valence-electron chi connectivity index (χ4n) is 8.57. The van der Waals surface area contributed by atoms with E-state index in [-0.39, 0.29) is 0 Å². The first kappa shape index (κ1) is 28.9. The van der Waals surface area contributed by atoms with Gasteiger partial charge in [-0.25, -0.2) is 0 Å². The highest BCUT2D eigenvalue weighted by molar-refractivity contribution is 6.30. The molecule has 2 heteroatoms. The fraction of sp³-hybridized carbons (Fsp3) is 0. The van der Waals surface area contributed by atoms with Gasteiger partial charge in [-0.15, -0.1) is 0 Å². The van der Waals surface area contributed by atoms with Crippen molar-refractivity contribution in [3.63, 3.8) is 0 Å². The van der Waals surface area contributed by atoms with E-state index in [1.807, 2.05) is 0 Å². The van der Waals surface area contributed by atoms with Gasteiger partial charge in [0.05, 0.1) is 11.0 Å². The van der Waals surface area contributed by atoms with E-state index in [2.05, 4.69) is 204 Å². The van der Waals surface area contributed by atoms with Crippen LogP contribution in [0.4, 0.5) is 17.1 Å². The van der Waals surface area contributed by atoms with Crippen LogP contribution in [0.1, 0.15) is 0 Å². The van der Waals surface area contributed by atoms with Gasteiger partial charge >= 0.3 is 0 Å². The molecule has 1 aliphatic rings. The molecule has 0 radical (unpaired) electrons. The monoisotopic (exact) mass is 660 g/mol. The summed E-state index contributed by atoms with van der Waals surface area (Å²) in [6, 6.07) is 70.9. The van der Waals surface area contributed by atoms with Gasteiger partial charge in [-0.2, -0.15) is 0 Å². The molecule has 0 spiro atoms. The Morgan fingerprint density at radius 2 is 0.885 bits per heavy atom. The Hall–Kier alpha value is -6.90. The molecular weight excluding hydrogens is 629 g/mol. The van der Waals surface area contributed by atoms with Crippen LogP contribution in [0.15, 0.2) is 194 Å². The van der Waals surface area contributed by atoms with Crippen LogP contribution >= 0.6 is 0 Å². The van der Waals surface area contributed by atoms with Crippen LogP contribution in [-0.4, -0.2) is 4.57 Å². The van der Waals surface area contributed by atoms with Crippen molar-refractivity contribution in [1.29, 1.82) is 0 Å². The first-order chi connectivity index (χ1) is 25.8. The van der Waals surface area contributed by atoms with Gasteiger partial charge in [0.15, 0.2) is 0 Å². The summed E-state index contributed by atoms with van der Waals surface area (Å²) in [5.74, 6) is 0. The van der Waals surface area contributed by atoms with Crippen LogP contribution in [0.25, 0.3) is 82.4 Å². The zero-order valence-corrected chi connectivity index (χ0v) is 28.4. The zero-order valence-electron chi connectivity index (χ0n) is 28.4. The summed E-state index contributed by atoms with van der Waals surface area (Å²) >= 11 is 0. The minimum absolute atomic E-state index is 1.10. The minimum atomic E-state index is 1.10. The maximum atomic E-state index is 2.47. The predicted molar refractivity (Wildman–Crippen MR) is 220 cm³/mol. The highest BCUT2D eigenvalue weighted by atomic mass is 15.1. The highest BCUT2D eigenvalue weighted by Gasteiger charge is 2.25. The Kier molecular flexibility index (Phi) is 6.28. The molecule has 0 saturated heterocycles. The Bertz CT molecular complexity index is 3010. The molecule has 1 aromatic heterocycles. The number of hydrogen-bond donors (Lipinski definition) is 0. The molecule has 0 N–H and O–H groups in total. The highest BCUT2D eigenvalue weighted by Crippen LogP contribution is 2.49. The molecule has 242 valence electrons. The molecule has 0 bridgehead atoms. The van der Waals surface area contributed by atoms with E-state index in [0.29, 0.717) is 0 Å². The maximum absolute atomic E-state index is 2.47. The third-order valence-electron chi connectivity index (χ3n) is 10.9. The number of para-hydroxylation sites is 1. The lowest BCUT2D eigenvalue weighted by Crippen LogP contribution is -2.10. The second-order valence-electron chi connectivity index (χ2n) is 13.7. The van der Waals surface area contributed by atoms with E-state index >= 15 is 0 Å². The third-order valence-corrected chi connectivity index (χ3v) is 10.9. The van der Waals surface area contributed by atoms with E-state index in [0.717, 1.165) is 22.7 Å². The minimum Gasteiger partial charge on any atom is -0.310 e. The molecule has 11 rings (SSSR count).